The second kappa shape index (κ2) is 7.35. The Morgan fingerprint density at radius 1 is 1.03 bits per heavy atom. The number of aromatic nitrogens is 4. The lowest BCUT2D eigenvalue weighted by molar-refractivity contribution is 0.103. The number of fused-ring (bicyclic) bond motifs is 2. The Morgan fingerprint density at radius 3 is 2.53 bits per heavy atom. The number of carbonyl (C=O) groups is 2. The van der Waals surface area contributed by atoms with Crippen molar-refractivity contribution in [2.24, 2.45) is 5.73 Å². The van der Waals surface area contributed by atoms with Crippen molar-refractivity contribution in [2.45, 2.75) is 13.5 Å². The summed E-state index contributed by atoms with van der Waals surface area (Å²) in [7, 11) is 0. The minimum absolute atomic E-state index is 0.224. The number of aromatic amines is 1. The van der Waals surface area contributed by atoms with Gasteiger partial charge in [0, 0.05) is 23.7 Å². The highest BCUT2D eigenvalue weighted by Gasteiger charge is 2.20. The van der Waals surface area contributed by atoms with E-state index in [1.165, 1.54) is 4.57 Å². The highest BCUT2D eigenvalue weighted by Crippen LogP contribution is 2.22. The molecule has 1 amide bonds. The molecule has 0 aliphatic heterocycles. The molecule has 3 heterocycles. The lowest BCUT2D eigenvalue weighted by Crippen LogP contribution is -2.23. The van der Waals surface area contributed by atoms with Gasteiger partial charge in [0.05, 0.1) is 16.7 Å². The van der Waals surface area contributed by atoms with Gasteiger partial charge in [0.2, 0.25) is 5.78 Å². The Labute approximate surface area is 181 Å². The third-order valence-electron chi connectivity index (χ3n) is 5.59. The first-order chi connectivity index (χ1) is 15.4. The molecule has 8 heteroatoms. The lowest BCUT2D eigenvalue weighted by Gasteiger charge is -2.09. The number of pyridine rings is 1. The van der Waals surface area contributed by atoms with E-state index in [9.17, 15) is 14.4 Å². The van der Waals surface area contributed by atoms with Gasteiger partial charge in [-0.05, 0) is 30.7 Å². The fourth-order valence-corrected chi connectivity index (χ4v) is 4.03. The van der Waals surface area contributed by atoms with E-state index in [4.69, 9.17) is 5.73 Å². The van der Waals surface area contributed by atoms with Gasteiger partial charge in [-0.25, -0.2) is 9.78 Å². The Hall–Kier alpha value is -4.46. The fraction of sp³-hybridized carbons (Fsp3) is 0.0833. The third kappa shape index (κ3) is 3.09. The molecule has 5 rings (SSSR count). The summed E-state index contributed by atoms with van der Waals surface area (Å²) in [4.78, 5) is 44.2. The van der Waals surface area contributed by atoms with E-state index in [1.807, 2.05) is 41.8 Å². The zero-order valence-electron chi connectivity index (χ0n) is 17.2. The van der Waals surface area contributed by atoms with Crippen LogP contribution < -0.4 is 11.3 Å². The van der Waals surface area contributed by atoms with E-state index in [0.29, 0.717) is 23.1 Å². The number of nitrogens with one attached hydrogen (secondary N) is 1. The molecule has 2 aromatic carbocycles. The topological polar surface area (TPSA) is 116 Å². The van der Waals surface area contributed by atoms with Crippen LogP contribution in [0.5, 0.6) is 0 Å². The van der Waals surface area contributed by atoms with E-state index in [2.05, 4.69) is 9.97 Å². The van der Waals surface area contributed by atoms with Crippen LogP contribution in [0.2, 0.25) is 0 Å². The molecular formula is C24H19N5O3. The highest BCUT2D eigenvalue weighted by molar-refractivity contribution is 6.13. The van der Waals surface area contributed by atoms with Crippen LogP contribution in [0.25, 0.3) is 21.9 Å². The van der Waals surface area contributed by atoms with Gasteiger partial charge in [-0.15, -0.1) is 0 Å². The predicted molar refractivity (Wildman–Crippen MR) is 121 cm³/mol. The number of H-pyrrole nitrogens is 1. The molecule has 3 aromatic heterocycles. The van der Waals surface area contributed by atoms with Crippen molar-refractivity contribution in [3.05, 3.63) is 99.9 Å². The minimum Gasteiger partial charge on any atom is -0.351 e. The molecule has 0 radical (unpaired) electrons. The summed E-state index contributed by atoms with van der Waals surface area (Å²) in [6.45, 7) is 2.35. The number of amides is 1. The highest BCUT2D eigenvalue weighted by atomic mass is 16.2. The van der Waals surface area contributed by atoms with E-state index in [1.54, 1.807) is 36.5 Å². The van der Waals surface area contributed by atoms with Crippen LogP contribution in [-0.4, -0.2) is 30.9 Å². The van der Waals surface area contributed by atoms with Crippen LogP contribution in [0.3, 0.4) is 0 Å². The van der Waals surface area contributed by atoms with E-state index >= 15 is 0 Å². The average Bonchev–Trinajstić information content (AvgIpc) is 3.33. The van der Waals surface area contributed by atoms with Crippen LogP contribution >= 0.6 is 0 Å². The molecule has 0 unspecified atom stereocenters. The molecule has 0 aliphatic carbocycles. The number of hydrogen-bond donors (Lipinski definition) is 2. The molecule has 0 atom stereocenters. The van der Waals surface area contributed by atoms with Crippen LogP contribution in [0.1, 0.15) is 27.4 Å². The maximum atomic E-state index is 13.2. The molecule has 0 aliphatic rings. The Balaban J connectivity index is 1.48. The van der Waals surface area contributed by atoms with Crippen molar-refractivity contribution in [3.63, 3.8) is 0 Å². The maximum absolute atomic E-state index is 13.2. The molecule has 0 fully saturated rings. The Bertz CT molecular complexity index is 1570. The number of nitrogens with two attached hydrogens (primary N) is 1. The summed E-state index contributed by atoms with van der Waals surface area (Å²) in [5.74, 6) is 0.435. The van der Waals surface area contributed by atoms with Gasteiger partial charge < -0.3 is 15.3 Å². The SMILES string of the molecule is Cc1nc2c(=O)[nH]ccc2n1Cc1ccc(C(=O)c2cc3ccccc3n2C(N)=O)cc1. The summed E-state index contributed by atoms with van der Waals surface area (Å²) in [5.41, 5.74) is 8.68. The molecule has 32 heavy (non-hydrogen) atoms. The number of rotatable bonds is 4. The average molecular weight is 425 g/mol. The normalized spacial score (nSPS) is 11.3. The Morgan fingerprint density at radius 2 is 1.78 bits per heavy atom. The summed E-state index contributed by atoms with van der Waals surface area (Å²) in [5, 5.41) is 0.767. The third-order valence-corrected chi connectivity index (χ3v) is 5.59. The van der Waals surface area contributed by atoms with Gasteiger partial charge >= 0.3 is 6.03 Å². The van der Waals surface area contributed by atoms with Crippen molar-refractivity contribution in [3.8, 4) is 0 Å². The molecule has 158 valence electrons. The molecule has 8 nitrogen and oxygen atoms in total. The van der Waals surface area contributed by atoms with Crippen LogP contribution in [0.4, 0.5) is 4.79 Å². The zero-order valence-corrected chi connectivity index (χ0v) is 17.2. The van der Waals surface area contributed by atoms with E-state index < -0.39 is 6.03 Å². The smallest absolute Gasteiger partial charge is 0.324 e. The Kier molecular flexibility index (Phi) is 4.48. The van der Waals surface area contributed by atoms with Crippen LogP contribution in [0, 0.1) is 6.92 Å². The molecular weight excluding hydrogens is 406 g/mol. The van der Waals surface area contributed by atoms with Gasteiger partial charge in [-0.2, -0.15) is 0 Å². The number of nitrogens with zero attached hydrogens (tertiary/aromatic N) is 3. The predicted octanol–water partition coefficient (Wildman–Crippen LogP) is 3.19. The summed E-state index contributed by atoms with van der Waals surface area (Å²) in [6.07, 6.45) is 1.60. The van der Waals surface area contributed by atoms with E-state index in [0.717, 1.165) is 22.3 Å². The van der Waals surface area contributed by atoms with Gasteiger partial charge in [0.1, 0.15) is 5.82 Å². The van der Waals surface area contributed by atoms with Gasteiger partial charge in [-0.1, -0.05) is 42.5 Å². The molecule has 5 aromatic rings. The minimum atomic E-state index is -0.705. The lowest BCUT2D eigenvalue weighted by atomic mass is 10.1. The molecule has 0 bridgehead atoms. The molecule has 0 saturated heterocycles. The quantitative estimate of drug-likeness (QED) is 0.430. The molecule has 0 saturated carbocycles. The summed E-state index contributed by atoms with van der Waals surface area (Å²) in [6, 6.07) is 17.2. The number of para-hydroxylation sites is 1. The number of ketones is 1. The van der Waals surface area contributed by atoms with Gasteiger partial charge in [-0.3, -0.25) is 14.2 Å². The summed E-state index contributed by atoms with van der Waals surface area (Å²) >= 11 is 0. The van der Waals surface area contributed by atoms with Gasteiger partial charge in [0.25, 0.3) is 5.56 Å². The van der Waals surface area contributed by atoms with Crippen molar-refractivity contribution < 1.29 is 9.59 Å². The number of aryl methyl sites for hydroxylation is 1. The molecule has 3 N–H and O–H groups in total. The zero-order chi connectivity index (χ0) is 22.4. The first kappa shape index (κ1) is 19.5. The van der Waals surface area contributed by atoms with Crippen molar-refractivity contribution in [1.29, 1.82) is 0 Å². The largest absolute Gasteiger partial charge is 0.351 e. The van der Waals surface area contributed by atoms with E-state index in [-0.39, 0.29) is 17.0 Å². The number of benzene rings is 2. The standard InChI is InChI=1S/C24H19N5O3/c1-14-27-21-19(10-11-26-23(21)31)28(14)13-15-6-8-16(9-7-15)22(30)20-12-17-4-2-3-5-18(17)29(20)24(25)32/h2-12H,13H2,1H3,(H2,25,32)(H,26,31). The number of imidazole rings is 1. The molecule has 0 spiro atoms. The second-order valence-electron chi connectivity index (χ2n) is 7.57. The monoisotopic (exact) mass is 425 g/mol. The number of hydrogen-bond acceptors (Lipinski definition) is 4. The first-order valence-electron chi connectivity index (χ1n) is 10.0. The van der Waals surface area contributed by atoms with Crippen molar-refractivity contribution in [2.75, 3.05) is 0 Å². The fourth-order valence-electron chi connectivity index (χ4n) is 4.03. The number of carbonyl (C=O) groups excluding carboxylic acids is 2. The van der Waals surface area contributed by atoms with Crippen molar-refractivity contribution >= 4 is 33.8 Å². The maximum Gasteiger partial charge on any atom is 0.324 e. The first-order valence-corrected chi connectivity index (χ1v) is 10.0. The number of primary amides is 1. The van der Waals surface area contributed by atoms with Gasteiger partial charge in [0.15, 0.2) is 5.52 Å². The van der Waals surface area contributed by atoms with Crippen LogP contribution in [0.15, 0.2) is 71.7 Å². The second-order valence-corrected chi connectivity index (χ2v) is 7.57. The summed E-state index contributed by atoms with van der Waals surface area (Å²) < 4.78 is 3.19. The van der Waals surface area contributed by atoms with Crippen molar-refractivity contribution in [1.82, 2.24) is 19.1 Å². The van der Waals surface area contributed by atoms with Crippen LogP contribution in [-0.2, 0) is 6.54 Å².